The summed E-state index contributed by atoms with van der Waals surface area (Å²) < 4.78 is 4.94. The summed E-state index contributed by atoms with van der Waals surface area (Å²) in [5, 5.41) is 9.71. The molecule has 0 heterocycles. The van der Waals surface area contributed by atoms with Gasteiger partial charge < -0.3 is 20.5 Å². The maximum atomic E-state index is 9.71. The molecule has 0 aromatic heterocycles. The van der Waals surface area contributed by atoms with Gasteiger partial charge in [-0.05, 0) is 31.8 Å². The number of hydrogen-bond donors (Lipinski definition) is 2. The standard InChI is InChI=1S/C13H28N2O2/c1-15(8-12(16)9-17-2)11-13(10-14)6-4-3-5-7-13/h12,16H,3-11,14H2,1-2H3. The lowest BCUT2D eigenvalue weighted by atomic mass is 9.74. The third kappa shape index (κ3) is 4.92. The van der Waals surface area contributed by atoms with Gasteiger partial charge in [0.1, 0.15) is 0 Å². The summed E-state index contributed by atoms with van der Waals surface area (Å²) in [4.78, 5) is 2.20. The van der Waals surface area contributed by atoms with Crippen molar-refractivity contribution in [3.63, 3.8) is 0 Å². The fraction of sp³-hybridized carbons (Fsp3) is 1.00. The van der Waals surface area contributed by atoms with Crippen molar-refractivity contribution in [2.75, 3.05) is 40.4 Å². The van der Waals surface area contributed by atoms with Crippen molar-refractivity contribution in [3.8, 4) is 0 Å². The predicted molar refractivity (Wildman–Crippen MR) is 70.0 cm³/mol. The van der Waals surface area contributed by atoms with Gasteiger partial charge >= 0.3 is 0 Å². The quantitative estimate of drug-likeness (QED) is 0.696. The second-order valence-corrected chi connectivity index (χ2v) is 5.57. The van der Waals surface area contributed by atoms with Crippen LogP contribution in [0.3, 0.4) is 0 Å². The molecule has 0 aromatic carbocycles. The zero-order valence-corrected chi connectivity index (χ0v) is 11.3. The summed E-state index contributed by atoms with van der Waals surface area (Å²) in [7, 11) is 3.68. The number of nitrogens with two attached hydrogens (primary N) is 1. The molecule has 1 fully saturated rings. The van der Waals surface area contributed by atoms with Crippen LogP contribution in [0.5, 0.6) is 0 Å². The van der Waals surface area contributed by atoms with E-state index in [0.717, 1.165) is 13.1 Å². The molecule has 0 saturated heterocycles. The van der Waals surface area contributed by atoms with Gasteiger partial charge in [0, 0.05) is 20.2 Å². The number of nitrogens with zero attached hydrogens (tertiary/aromatic N) is 1. The van der Waals surface area contributed by atoms with E-state index in [-0.39, 0.29) is 5.41 Å². The summed E-state index contributed by atoms with van der Waals surface area (Å²) in [6.45, 7) is 2.82. The fourth-order valence-electron chi connectivity index (χ4n) is 2.97. The second kappa shape index (κ2) is 7.31. The van der Waals surface area contributed by atoms with Gasteiger partial charge in [-0.15, -0.1) is 0 Å². The number of likely N-dealkylation sites (N-methyl/N-ethyl adjacent to an activating group) is 1. The lowest BCUT2D eigenvalue weighted by Gasteiger charge is -2.39. The molecule has 0 radical (unpaired) electrons. The summed E-state index contributed by atoms with van der Waals surface area (Å²) in [5.74, 6) is 0. The first kappa shape index (κ1) is 14.9. The van der Waals surface area contributed by atoms with E-state index in [4.69, 9.17) is 10.5 Å². The third-order valence-corrected chi connectivity index (χ3v) is 3.83. The van der Waals surface area contributed by atoms with Crippen molar-refractivity contribution in [1.29, 1.82) is 0 Å². The van der Waals surface area contributed by atoms with E-state index >= 15 is 0 Å². The molecule has 1 aliphatic carbocycles. The van der Waals surface area contributed by atoms with E-state index in [1.165, 1.54) is 32.1 Å². The Balaban J connectivity index is 2.38. The minimum Gasteiger partial charge on any atom is -0.389 e. The van der Waals surface area contributed by atoms with Gasteiger partial charge in [0.2, 0.25) is 0 Å². The Bertz CT molecular complexity index is 206. The van der Waals surface area contributed by atoms with E-state index in [9.17, 15) is 5.11 Å². The Morgan fingerprint density at radius 3 is 2.53 bits per heavy atom. The summed E-state index contributed by atoms with van der Waals surface area (Å²) in [5.41, 5.74) is 6.24. The topological polar surface area (TPSA) is 58.7 Å². The number of aliphatic hydroxyl groups is 1. The van der Waals surface area contributed by atoms with Gasteiger partial charge in [0.15, 0.2) is 0 Å². The zero-order valence-electron chi connectivity index (χ0n) is 11.3. The smallest absolute Gasteiger partial charge is 0.0899 e. The van der Waals surface area contributed by atoms with Crippen LogP contribution >= 0.6 is 0 Å². The summed E-state index contributed by atoms with van der Waals surface area (Å²) in [6.07, 6.45) is 6.00. The molecule has 3 N–H and O–H groups in total. The summed E-state index contributed by atoms with van der Waals surface area (Å²) >= 11 is 0. The fourth-order valence-corrected chi connectivity index (χ4v) is 2.97. The lowest BCUT2D eigenvalue weighted by Crippen LogP contribution is -2.45. The van der Waals surface area contributed by atoms with E-state index in [2.05, 4.69) is 11.9 Å². The van der Waals surface area contributed by atoms with Crippen LogP contribution in [0.4, 0.5) is 0 Å². The highest BCUT2D eigenvalue weighted by Crippen LogP contribution is 2.35. The molecule has 1 aliphatic rings. The van der Waals surface area contributed by atoms with Crippen LogP contribution in [0.15, 0.2) is 0 Å². The number of ether oxygens (including phenoxy) is 1. The number of aliphatic hydroxyl groups excluding tert-OH is 1. The first-order valence-corrected chi connectivity index (χ1v) is 6.67. The van der Waals surface area contributed by atoms with Gasteiger partial charge in [-0.1, -0.05) is 19.3 Å². The minimum atomic E-state index is -0.400. The molecular formula is C13H28N2O2. The van der Waals surface area contributed by atoms with Crippen molar-refractivity contribution in [2.45, 2.75) is 38.2 Å². The van der Waals surface area contributed by atoms with Gasteiger partial charge in [-0.3, -0.25) is 0 Å². The largest absolute Gasteiger partial charge is 0.389 e. The highest BCUT2D eigenvalue weighted by Gasteiger charge is 2.31. The van der Waals surface area contributed by atoms with Crippen LogP contribution in [-0.2, 0) is 4.74 Å². The number of hydrogen-bond acceptors (Lipinski definition) is 4. The first-order chi connectivity index (χ1) is 8.12. The molecule has 0 aromatic rings. The maximum Gasteiger partial charge on any atom is 0.0899 e. The lowest BCUT2D eigenvalue weighted by molar-refractivity contribution is 0.0291. The Morgan fingerprint density at radius 1 is 1.35 bits per heavy atom. The zero-order chi connectivity index (χ0) is 12.7. The van der Waals surface area contributed by atoms with Crippen molar-refractivity contribution < 1.29 is 9.84 Å². The van der Waals surface area contributed by atoms with Crippen LogP contribution < -0.4 is 5.73 Å². The Kier molecular flexibility index (Phi) is 6.41. The van der Waals surface area contributed by atoms with Gasteiger partial charge in [0.05, 0.1) is 12.7 Å². The van der Waals surface area contributed by atoms with Gasteiger partial charge in [0.25, 0.3) is 0 Å². The molecule has 0 aliphatic heterocycles. The molecule has 1 unspecified atom stereocenters. The Hall–Kier alpha value is -0.160. The van der Waals surface area contributed by atoms with Crippen LogP contribution in [0.2, 0.25) is 0 Å². The van der Waals surface area contributed by atoms with Gasteiger partial charge in [-0.2, -0.15) is 0 Å². The number of methoxy groups -OCH3 is 1. The molecule has 4 nitrogen and oxygen atoms in total. The Labute approximate surface area is 105 Å². The van der Waals surface area contributed by atoms with Gasteiger partial charge in [-0.25, -0.2) is 0 Å². The average molecular weight is 244 g/mol. The van der Waals surface area contributed by atoms with Crippen molar-refractivity contribution in [3.05, 3.63) is 0 Å². The van der Waals surface area contributed by atoms with E-state index < -0.39 is 6.10 Å². The predicted octanol–water partition coefficient (Wildman–Crippen LogP) is 0.835. The maximum absolute atomic E-state index is 9.71. The monoisotopic (exact) mass is 244 g/mol. The molecule has 102 valence electrons. The normalized spacial score (nSPS) is 21.7. The molecule has 17 heavy (non-hydrogen) atoms. The molecule has 1 rings (SSSR count). The number of rotatable bonds is 7. The van der Waals surface area contributed by atoms with Crippen LogP contribution in [0.25, 0.3) is 0 Å². The average Bonchev–Trinajstić information content (AvgIpc) is 2.30. The van der Waals surface area contributed by atoms with Crippen LogP contribution in [0.1, 0.15) is 32.1 Å². The summed E-state index contributed by atoms with van der Waals surface area (Å²) in [6, 6.07) is 0. The molecule has 4 heteroatoms. The molecular weight excluding hydrogens is 216 g/mol. The Morgan fingerprint density at radius 2 is 2.00 bits per heavy atom. The first-order valence-electron chi connectivity index (χ1n) is 6.67. The van der Waals surface area contributed by atoms with Crippen LogP contribution in [0, 0.1) is 5.41 Å². The van der Waals surface area contributed by atoms with E-state index in [1.807, 2.05) is 0 Å². The molecule has 1 saturated carbocycles. The molecule has 0 spiro atoms. The highest BCUT2D eigenvalue weighted by molar-refractivity contribution is 4.86. The highest BCUT2D eigenvalue weighted by atomic mass is 16.5. The van der Waals surface area contributed by atoms with E-state index in [1.54, 1.807) is 7.11 Å². The van der Waals surface area contributed by atoms with Crippen molar-refractivity contribution in [1.82, 2.24) is 4.90 Å². The van der Waals surface area contributed by atoms with E-state index in [0.29, 0.717) is 13.2 Å². The molecule has 1 atom stereocenters. The minimum absolute atomic E-state index is 0.278. The third-order valence-electron chi connectivity index (χ3n) is 3.83. The van der Waals surface area contributed by atoms with Crippen molar-refractivity contribution >= 4 is 0 Å². The van der Waals surface area contributed by atoms with Crippen molar-refractivity contribution in [2.24, 2.45) is 11.1 Å². The second-order valence-electron chi connectivity index (χ2n) is 5.57. The SMILES string of the molecule is COCC(O)CN(C)CC1(CN)CCCCC1. The molecule has 0 bridgehead atoms. The molecule has 0 amide bonds. The van der Waals surface area contributed by atoms with Crippen LogP contribution in [-0.4, -0.2) is 56.5 Å².